The van der Waals surface area contributed by atoms with Gasteiger partial charge in [0.05, 0.1) is 15.1 Å². The third kappa shape index (κ3) is 3.18. The van der Waals surface area contributed by atoms with Gasteiger partial charge in [0.25, 0.3) is 11.6 Å². The second-order valence-corrected chi connectivity index (χ2v) is 6.91. The zero-order valence-electron chi connectivity index (χ0n) is 13.8. The predicted octanol–water partition coefficient (Wildman–Crippen LogP) is 4.50. The molecule has 3 rings (SSSR count). The van der Waals surface area contributed by atoms with E-state index < -0.39 is 10.8 Å². The molecule has 0 spiro atoms. The van der Waals surface area contributed by atoms with Gasteiger partial charge >= 0.3 is 0 Å². The highest BCUT2D eigenvalue weighted by Gasteiger charge is 2.19. The van der Waals surface area contributed by atoms with Crippen LogP contribution in [0, 0.1) is 17.0 Å². The van der Waals surface area contributed by atoms with Gasteiger partial charge in [-0.05, 0) is 30.7 Å². The van der Waals surface area contributed by atoms with E-state index in [4.69, 9.17) is 11.6 Å². The number of benzene rings is 2. The Kier molecular flexibility index (Phi) is 5.01. The zero-order valence-corrected chi connectivity index (χ0v) is 15.4. The molecule has 6 nitrogen and oxygen atoms in total. The molecule has 26 heavy (non-hydrogen) atoms. The molecule has 2 aromatic carbocycles. The summed E-state index contributed by atoms with van der Waals surface area (Å²) in [4.78, 5) is 27.7. The number of hydrogen-bond donors (Lipinski definition) is 0. The number of fused-ring (bicyclic) bond motifs is 1. The number of halogens is 1. The minimum Gasteiger partial charge on any atom is -0.312 e. The van der Waals surface area contributed by atoms with Crippen molar-refractivity contribution < 1.29 is 9.72 Å². The normalized spacial score (nSPS) is 11.7. The lowest BCUT2D eigenvalue weighted by molar-refractivity contribution is -0.385. The SMILES string of the molecule is C=CCn1c(=NC(=O)c2ccccc2[N+](=O)[O-])sc2ccc(Cl)c(C)c21. The van der Waals surface area contributed by atoms with Gasteiger partial charge in [0.1, 0.15) is 5.56 Å². The maximum atomic E-state index is 12.6. The number of nitro benzene ring substituents is 1. The van der Waals surface area contributed by atoms with Crippen LogP contribution in [0.2, 0.25) is 5.02 Å². The first-order valence-corrected chi connectivity index (χ1v) is 8.85. The first kappa shape index (κ1) is 18.0. The maximum Gasteiger partial charge on any atom is 0.286 e. The number of carbonyl (C=O) groups excluding carboxylic acids is 1. The Morgan fingerprint density at radius 3 is 2.81 bits per heavy atom. The third-order valence-corrected chi connectivity index (χ3v) is 5.32. The number of rotatable bonds is 4. The number of hydrogen-bond acceptors (Lipinski definition) is 4. The summed E-state index contributed by atoms with van der Waals surface area (Å²) in [6, 6.07) is 9.43. The summed E-state index contributed by atoms with van der Waals surface area (Å²) in [5, 5.41) is 11.8. The van der Waals surface area contributed by atoms with E-state index in [0.717, 1.165) is 15.8 Å². The minimum atomic E-state index is -0.662. The largest absolute Gasteiger partial charge is 0.312 e. The van der Waals surface area contributed by atoms with Crippen molar-refractivity contribution in [3.8, 4) is 0 Å². The summed E-state index contributed by atoms with van der Waals surface area (Å²) in [5.41, 5.74) is 1.44. The lowest BCUT2D eigenvalue weighted by Gasteiger charge is -2.05. The van der Waals surface area contributed by atoms with Crippen LogP contribution in [-0.2, 0) is 6.54 Å². The highest BCUT2D eigenvalue weighted by atomic mass is 35.5. The fourth-order valence-corrected chi connectivity index (χ4v) is 3.91. The van der Waals surface area contributed by atoms with E-state index in [0.29, 0.717) is 16.4 Å². The molecular formula is C18H14ClN3O3S. The molecule has 3 aromatic rings. The molecule has 0 bridgehead atoms. The molecule has 0 saturated heterocycles. The standard InChI is InChI=1S/C18H14ClN3O3S/c1-3-10-21-16-11(2)13(19)8-9-15(16)26-18(21)20-17(23)12-6-4-5-7-14(12)22(24)25/h3-9H,1,10H2,2H3. The Bertz CT molecular complexity index is 1110. The van der Waals surface area contributed by atoms with Gasteiger partial charge in [0.15, 0.2) is 4.80 Å². The van der Waals surface area contributed by atoms with Crippen LogP contribution in [0.15, 0.2) is 54.0 Å². The van der Waals surface area contributed by atoms with Gasteiger partial charge in [0, 0.05) is 17.6 Å². The number of amides is 1. The fourth-order valence-electron chi connectivity index (χ4n) is 2.66. The van der Waals surface area contributed by atoms with E-state index in [1.54, 1.807) is 18.2 Å². The molecule has 1 heterocycles. The van der Waals surface area contributed by atoms with Crippen LogP contribution in [0.1, 0.15) is 15.9 Å². The number of aryl methyl sites for hydroxylation is 1. The number of allylic oxidation sites excluding steroid dienone is 1. The number of thiazole rings is 1. The molecule has 8 heteroatoms. The smallest absolute Gasteiger partial charge is 0.286 e. The first-order chi connectivity index (χ1) is 12.4. The number of carbonyl (C=O) groups is 1. The highest BCUT2D eigenvalue weighted by molar-refractivity contribution is 7.16. The fraction of sp³-hybridized carbons (Fsp3) is 0.111. The van der Waals surface area contributed by atoms with Crippen LogP contribution in [-0.4, -0.2) is 15.4 Å². The summed E-state index contributed by atoms with van der Waals surface area (Å²) in [6.45, 7) is 6.07. The maximum absolute atomic E-state index is 12.6. The van der Waals surface area contributed by atoms with E-state index in [9.17, 15) is 14.9 Å². The monoisotopic (exact) mass is 387 g/mol. The van der Waals surface area contributed by atoms with Crippen LogP contribution in [0.3, 0.4) is 0 Å². The molecule has 0 radical (unpaired) electrons. The van der Waals surface area contributed by atoms with Crippen molar-refractivity contribution in [2.45, 2.75) is 13.5 Å². The minimum absolute atomic E-state index is 0.0464. The molecule has 0 saturated carbocycles. The molecule has 0 fully saturated rings. The molecule has 0 atom stereocenters. The van der Waals surface area contributed by atoms with Gasteiger partial charge in [-0.3, -0.25) is 14.9 Å². The molecule has 1 aromatic heterocycles. The van der Waals surface area contributed by atoms with Gasteiger partial charge in [-0.2, -0.15) is 4.99 Å². The number of nitro groups is 1. The summed E-state index contributed by atoms with van der Waals surface area (Å²) in [6.07, 6.45) is 1.70. The number of para-hydroxylation sites is 1. The van der Waals surface area contributed by atoms with Crippen molar-refractivity contribution in [3.05, 3.63) is 80.1 Å². The topological polar surface area (TPSA) is 77.5 Å². The van der Waals surface area contributed by atoms with Crippen molar-refractivity contribution in [1.29, 1.82) is 0 Å². The van der Waals surface area contributed by atoms with Crippen molar-refractivity contribution >= 4 is 44.7 Å². The highest BCUT2D eigenvalue weighted by Crippen LogP contribution is 2.27. The summed E-state index contributed by atoms with van der Waals surface area (Å²) in [5.74, 6) is -0.662. The molecule has 0 aliphatic heterocycles. The van der Waals surface area contributed by atoms with Crippen LogP contribution < -0.4 is 4.80 Å². The lowest BCUT2D eigenvalue weighted by Crippen LogP contribution is -2.17. The van der Waals surface area contributed by atoms with E-state index >= 15 is 0 Å². The Balaban J connectivity index is 2.23. The average Bonchev–Trinajstić information content (AvgIpc) is 2.96. The number of nitrogens with zero attached hydrogens (tertiary/aromatic N) is 3. The molecule has 132 valence electrons. The van der Waals surface area contributed by atoms with E-state index in [1.165, 1.54) is 29.5 Å². The van der Waals surface area contributed by atoms with Gasteiger partial charge < -0.3 is 4.57 Å². The third-order valence-electron chi connectivity index (χ3n) is 3.87. The van der Waals surface area contributed by atoms with Crippen molar-refractivity contribution in [2.75, 3.05) is 0 Å². The zero-order chi connectivity index (χ0) is 18.8. The molecular weight excluding hydrogens is 374 g/mol. The molecule has 0 aliphatic carbocycles. The molecule has 0 unspecified atom stereocenters. The van der Waals surface area contributed by atoms with Crippen molar-refractivity contribution in [3.63, 3.8) is 0 Å². The second-order valence-electron chi connectivity index (χ2n) is 5.49. The average molecular weight is 388 g/mol. The van der Waals surface area contributed by atoms with Gasteiger partial charge in [-0.1, -0.05) is 41.1 Å². The van der Waals surface area contributed by atoms with E-state index in [-0.39, 0.29) is 11.3 Å². The second kappa shape index (κ2) is 7.23. The molecule has 0 N–H and O–H groups in total. The lowest BCUT2D eigenvalue weighted by atomic mass is 10.2. The van der Waals surface area contributed by atoms with Crippen LogP contribution in [0.25, 0.3) is 10.2 Å². The summed E-state index contributed by atoms with van der Waals surface area (Å²) >= 11 is 7.54. The quantitative estimate of drug-likeness (QED) is 0.375. The Morgan fingerprint density at radius 1 is 1.38 bits per heavy atom. The number of aromatic nitrogens is 1. The summed E-state index contributed by atoms with van der Waals surface area (Å²) < 4.78 is 2.75. The van der Waals surface area contributed by atoms with Crippen molar-refractivity contribution in [1.82, 2.24) is 4.57 Å². The van der Waals surface area contributed by atoms with Gasteiger partial charge in [0.2, 0.25) is 0 Å². The van der Waals surface area contributed by atoms with Crippen molar-refractivity contribution in [2.24, 2.45) is 4.99 Å². The van der Waals surface area contributed by atoms with Crippen LogP contribution in [0.4, 0.5) is 5.69 Å². The Hall–Kier alpha value is -2.77. The summed E-state index contributed by atoms with van der Waals surface area (Å²) in [7, 11) is 0. The molecule has 0 aliphatic rings. The van der Waals surface area contributed by atoms with Crippen LogP contribution >= 0.6 is 22.9 Å². The predicted molar refractivity (Wildman–Crippen MR) is 103 cm³/mol. The van der Waals surface area contributed by atoms with Gasteiger partial charge in [-0.15, -0.1) is 6.58 Å². The first-order valence-electron chi connectivity index (χ1n) is 7.66. The van der Waals surface area contributed by atoms with Gasteiger partial charge in [-0.25, -0.2) is 0 Å². The Morgan fingerprint density at radius 2 is 2.12 bits per heavy atom. The Labute approximate surface area is 157 Å². The van der Waals surface area contributed by atoms with E-state index in [2.05, 4.69) is 11.6 Å². The van der Waals surface area contributed by atoms with Crippen LogP contribution in [0.5, 0.6) is 0 Å². The molecule has 1 amide bonds. The van der Waals surface area contributed by atoms with E-state index in [1.807, 2.05) is 17.6 Å².